The molecule has 1 unspecified atom stereocenters. The van der Waals surface area contributed by atoms with Crippen LogP contribution in [-0.4, -0.2) is 36.7 Å². The molecule has 5 nitrogen and oxygen atoms in total. The van der Waals surface area contributed by atoms with Crippen molar-refractivity contribution in [3.8, 4) is 11.1 Å². The van der Waals surface area contributed by atoms with Gasteiger partial charge in [0.25, 0.3) is 0 Å². The lowest BCUT2D eigenvalue weighted by Crippen LogP contribution is -2.44. The van der Waals surface area contributed by atoms with E-state index in [0.29, 0.717) is 10.6 Å². The van der Waals surface area contributed by atoms with Gasteiger partial charge in [0.1, 0.15) is 18.5 Å². The molecule has 0 saturated carbocycles. The monoisotopic (exact) mass is 402 g/mol. The van der Waals surface area contributed by atoms with E-state index in [1.165, 1.54) is 7.11 Å². The van der Waals surface area contributed by atoms with Crippen LogP contribution in [0.25, 0.3) is 16.7 Å². The maximum atomic E-state index is 11.7. The van der Waals surface area contributed by atoms with E-state index in [0.717, 1.165) is 22.3 Å². The highest BCUT2D eigenvalue weighted by Gasteiger charge is 2.40. The van der Waals surface area contributed by atoms with Crippen molar-refractivity contribution in [2.24, 2.45) is 0 Å². The third-order valence-corrected chi connectivity index (χ3v) is 5.14. The van der Waals surface area contributed by atoms with Crippen LogP contribution in [-0.2, 0) is 14.2 Å². The summed E-state index contributed by atoms with van der Waals surface area (Å²) < 4.78 is 15.6. The summed E-state index contributed by atoms with van der Waals surface area (Å²) in [5, 5.41) is 11.7. The van der Waals surface area contributed by atoms with Crippen LogP contribution in [0.3, 0.4) is 0 Å². The minimum atomic E-state index is -0.986. The third-order valence-electron chi connectivity index (χ3n) is 4.89. The SMILES string of the molecule is COC(=O)OC1=C(c2cc(-c3ccc(Cl)cc3)ccc2C)C(O)C(C)(C)OC1. The lowest BCUT2D eigenvalue weighted by Gasteiger charge is -2.38. The van der Waals surface area contributed by atoms with Crippen LogP contribution in [0.4, 0.5) is 4.79 Å². The first-order valence-electron chi connectivity index (χ1n) is 8.91. The largest absolute Gasteiger partial charge is 0.513 e. The molecule has 1 atom stereocenters. The fourth-order valence-electron chi connectivity index (χ4n) is 3.17. The Labute approximate surface area is 169 Å². The molecule has 1 aliphatic heterocycles. The molecule has 0 saturated heterocycles. The van der Waals surface area contributed by atoms with Crippen molar-refractivity contribution in [1.82, 2.24) is 0 Å². The Bertz CT molecular complexity index is 915. The number of benzene rings is 2. The van der Waals surface area contributed by atoms with E-state index in [9.17, 15) is 9.90 Å². The summed E-state index contributed by atoms with van der Waals surface area (Å²) in [5.41, 5.74) is 3.36. The fourth-order valence-corrected chi connectivity index (χ4v) is 3.29. The summed E-state index contributed by atoms with van der Waals surface area (Å²) in [5.74, 6) is 0.245. The first kappa shape index (κ1) is 20.4. The van der Waals surface area contributed by atoms with E-state index < -0.39 is 17.9 Å². The molecule has 1 aliphatic rings. The smallest absolute Gasteiger partial charge is 0.437 e. The molecule has 2 aromatic rings. The number of hydrogen-bond acceptors (Lipinski definition) is 5. The van der Waals surface area contributed by atoms with Gasteiger partial charge in [-0.1, -0.05) is 35.9 Å². The van der Waals surface area contributed by atoms with Gasteiger partial charge < -0.3 is 19.3 Å². The second-order valence-corrected chi connectivity index (χ2v) is 7.66. The molecule has 0 aromatic heterocycles. The first-order valence-corrected chi connectivity index (χ1v) is 9.28. The van der Waals surface area contributed by atoms with Crippen molar-refractivity contribution in [1.29, 1.82) is 0 Å². The summed E-state index contributed by atoms with van der Waals surface area (Å²) in [6.07, 6.45) is -1.84. The number of aliphatic hydroxyl groups excluding tert-OH is 1. The van der Waals surface area contributed by atoms with Gasteiger partial charge in [0.05, 0.1) is 12.7 Å². The maximum absolute atomic E-state index is 11.7. The number of methoxy groups -OCH3 is 1. The first-order chi connectivity index (χ1) is 13.2. The van der Waals surface area contributed by atoms with Gasteiger partial charge in [-0.2, -0.15) is 0 Å². The molecule has 0 bridgehead atoms. The Morgan fingerprint density at radius 3 is 2.46 bits per heavy atom. The van der Waals surface area contributed by atoms with Gasteiger partial charge in [0.2, 0.25) is 0 Å². The number of rotatable bonds is 3. The normalized spacial score (nSPS) is 18.7. The van der Waals surface area contributed by atoms with E-state index >= 15 is 0 Å². The van der Waals surface area contributed by atoms with Crippen LogP contribution in [0.1, 0.15) is 25.0 Å². The lowest BCUT2D eigenvalue weighted by molar-refractivity contribution is -0.0911. The third kappa shape index (κ3) is 4.07. The number of hydrogen-bond donors (Lipinski definition) is 1. The molecule has 3 rings (SSSR count). The zero-order valence-corrected chi connectivity index (χ0v) is 17.0. The highest BCUT2D eigenvalue weighted by Crippen LogP contribution is 2.38. The molecule has 0 radical (unpaired) electrons. The number of halogens is 1. The Morgan fingerprint density at radius 1 is 1.18 bits per heavy atom. The van der Waals surface area contributed by atoms with Crippen LogP contribution in [0.5, 0.6) is 0 Å². The molecule has 0 aliphatic carbocycles. The Morgan fingerprint density at radius 2 is 1.82 bits per heavy atom. The Hall–Kier alpha value is -2.34. The molecule has 6 heteroatoms. The molecule has 0 fully saturated rings. The average molecular weight is 403 g/mol. The predicted molar refractivity (Wildman–Crippen MR) is 108 cm³/mol. The van der Waals surface area contributed by atoms with Crippen molar-refractivity contribution in [2.75, 3.05) is 13.7 Å². The zero-order valence-electron chi connectivity index (χ0n) is 16.3. The topological polar surface area (TPSA) is 65.0 Å². The number of aliphatic hydroxyl groups is 1. The summed E-state index contributed by atoms with van der Waals surface area (Å²) >= 11 is 5.99. The van der Waals surface area contributed by atoms with Crippen molar-refractivity contribution in [2.45, 2.75) is 32.5 Å². The molecule has 1 N–H and O–H groups in total. The van der Waals surface area contributed by atoms with E-state index in [2.05, 4.69) is 4.74 Å². The molecule has 1 heterocycles. The van der Waals surface area contributed by atoms with Crippen LogP contribution in [0.15, 0.2) is 48.2 Å². The van der Waals surface area contributed by atoms with Gasteiger partial charge in [0.15, 0.2) is 0 Å². The van der Waals surface area contributed by atoms with E-state index in [-0.39, 0.29) is 12.4 Å². The minimum Gasteiger partial charge on any atom is -0.437 e. The molecule has 28 heavy (non-hydrogen) atoms. The van der Waals surface area contributed by atoms with E-state index in [4.69, 9.17) is 21.1 Å². The van der Waals surface area contributed by atoms with Gasteiger partial charge in [-0.25, -0.2) is 4.79 Å². The molecule has 0 amide bonds. The minimum absolute atomic E-state index is 0.0547. The quantitative estimate of drug-likeness (QED) is 0.733. The fraction of sp³-hybridized carbons (Fsp3) is 0.318. The lowest BCUT2D eigenvalue weighted by atomic mass is 9.84. The maximum Gasteiger partial charge on any atom is 0.513 e. The molecule has 2 aromatic carbocycles. The highest BCUT2D eigenvalue weighted by atomic mass is 35.5. The number of aryl methyl sites for hydroxylation is 1. The molecular formula is C22H23ClO5. The van der Waals surface area contributed by atoms with Crippen molar-refractivity contribution < 1.29 is 24.1 Å². The standard InChI is InChI=1S/C22H23ClO5/c1-13-5-6-15(14-7-9-16(23)10-8-14)11-17(13)19-18(28-21(25)26-4)12-27-22(2,3)20(19)24/h5-11,20,24H,12H2,1-4H3. The van der Waals surface area contributed by atoms with Gasteiger partial charge in [0, 0.05) is 10.6 Å². The molecular weight excluding hydrogens is 380 g/mol. The van der Waals surface area contributed by atoms with E-state index in [1.807, 2.05) is 49.4 Å². The summed E-state index contributed by atoms with van der Waals surface area (Å²) in [7, 11) is 1.24. The van der Waals surface area contributed by atoms with Crippen molar-refractivity contribution >= 4 is 23.3 Å². The van der Waals surface area contributed by atoms with Crippen LogP contribution in [0.2, 0.25) is 5.02 Å². The molecule has 148 valence electrons. The van der Waals surface area contributed by atoms with Crippen molar-refractivity contribution in [3.63, 3.8) is 0 Å². The van der Waals surface area contributed by atoms with Crippen LogP contribution < -0.4 is 0 Å². The van der Waals surface area contributed by atoms with Gasteiger partial charge in [-0.3, -0.25) is 0 Å². The number of carbonyl (C=O) groups is 1. The van der Waals surface area contributed by atoms with Gasteiger partial charge >= 0.3 is 6.16 Å². The van der Waals surface area contributed by atoms with Crippen molar-refractivity contribution in [3.05, 3.63) is 64.4 Å². The average Bonchev–Trinajstić information content (AvgIpc) is 2.67. The second-order valence-electron chi connectivity index (χ2n) is 7.22. The summed E-state index contributed by atoms with van der Waals surface area (Å²) in [6, 6.07) is 13.5. The summed E-state index contributed by atoms with van der Waals surface area (Å²) in [4.78, 5) is 11.7. The predicted octanol–water partition coefficient (Wildman–Crippen LogP) is 4.98. The number of ether oxygens (including phenoxy) is 3. The van der Waals surface area contributed by atoms with Crippen LogP contribution >= 0.6 is 11.6 Å². The Balaban J connectivity index is 2.14. The highest BCUT2D eigenvalue weighted by molar-refractivity contribution is 6.30. The van der Waals surface area contributed by atoms with Gasteiger partial charge in [-0.15, -0.1) is 0 Å². The van der Waals surface area contributed by atoms with E-state index in [1.54, 1.807) is 13.8 Å². The Kier molecular flexibility index (Phi) is 5.79. The summed E-state index contributed by atoms with van der Waals surface area (Å²) in [6.45, 7) is 5.59. The zero-order chi connectivity index (χ0) is 20.5. The second kappa shape index (κ2) is 7.95. The van der Waals surface area contributed by atoms with Gasteiger partial charge in [-0.05, 0) is 61.2 Å². The number of carbonyl (C=O) groups excluding carboxylic acids is 1. The van der Waals surface area contributed by atoms with Crippen LogP contribution in [0, 0.1) is 6.92 Å². The molecule has 0 spiro atoms.